The van der Waals surface area contributed by atoms with Crippen molar-refractivity contribution in [2.75, 3.05) is 13.7 Å². The molecule has 1 aliphatic rings. The van der Waals surface area contributed by atoms with Gasteiger partial charge in [0.2, 0.25) is 0 Å². The number of aryl methyl sites for hydroxylation is 1. The zero-order valence-electron chi connectivity index (χ0n) is 10.2. The monoisotopic (exact) mass is 228 g/mol. The predicted octanol–water partition coefficient (Wildman–Crippen LogP) is 2.20. The van der Waals surface area contributed by atoms with Crippen LogP contribution in [0.25, 0.3) is 10.9 Å². The fourth-order valence-electron chi connectivity index (χ4n) is 2.49. The van der Waals surface area contributed by atoms with E-state index < -0.39 is 0 Å². The van der Waals surface area contributed by atoms with Crippen LogP contribution in [0, 0.1) is 6.92 Å². The molecule has 2 heterocycles. The van der Waals surface area contributed by atoms with Crippen LogP contribution in [0.15, 0.2) is 18.2 Å². The van der Waals surface area contributed by atoms with Crippen LogP contribution in [0.5, 0.6) is 5.75 Å². The molecule has 1 aromatic heterocycles. The van der Waals surface area contributed by atoms with Crippen LogP contribution in [0.4, 0.5) is 0 Å². The van der Waals surface area contributed by atoms with Crippen molar-refractivity contribution < 1.29 is 4.74 Å². The molecule has 0 unspecified atom stereocenters. The van der Waals surface area contributed by atoms with E-state index in [0.29, 0.717) is 0 Å². The molecule has 0 fully saturated rings. The average Bonchev–Trinajstić information content (AvgIpc) is 2.35. The van der Waals surface area contributed by atoms with Crippen LogP contribution < -0.4 is 10.1 Å². The Hall–Kier alpha value is -1.61. The van der Waals surface area contributed by atoms with E-state index in [1.165, 1.54) is 11.1 Å². The number of rotatable bonds is 1. The topological polar surface area (TPSA) is 34.1 Å². The first-order chi connectivity index (χ1) is 8.29. The predicted molar refractivity (Wildman–Crippen MR) is 68.4 cm³/mol. The highest BCUT2D eigenvalue weighted by atomic mass is 16.5. The molecule has 3 heteroatoms. The van der Waals surface area contributed by atoms with Crippen LogP contribution in [-0.2, 0) is 13.0 Å². The molecule has 1 aromatic carbocycles. The Labute approximate surface area is 101 Å². The summed E-state index contributed by atoms with van der Waals surface area (Å²) in [5, 5.41) is 4.48. The second-order valence-electron chi connectivity index (χ2n) is 4.52. The second-order valence-corrected chi connectivity index (χ2v) is 4.52. The quantitative estimate of drug-likeness (QED) is 0.812. The van der Waals surface area contributed by atoms with E-state index in [4.69, 9.17) is 9.72 Å². The Kier molecular flexibility index (Phi) is 2.48. The van der Waals surface area contributed by atoms with Crippen LogP contribution in [-0.4, -0.2) is 18.6 Å². The molecule has 1 aliphatic heterocycles. The van der Waals surface area contributed by atoms with Gasteiger partial charge in [0.1, 0.15) is 5.75 Å². The van der Waals surface area contributed by atoms with Crippen molar-refractivity contribution >= 4 is 10.9 Å². The Morgan fingerprint density at radius 2 is 2.24 bits per heavy atom. The maximum atomic E-state index is 5.60. The summed E-state index contributed by atoms with van der Waals surface area (Å²) in [6.07, 6.45) is 0.995. The van der Waals surface area contributed by atoms with Crippen molar-refractivity contribution in [3.8, 4) is 5.75 Å². The Balaban J connectivity index is 2.34. The Morgan fingerprint density at radius 1 is 1.35 bits per heavy atom. The Morgan fingerprint density at radius 3 is 3.06 bits per heavy atom. The zero-order chi connectivity index (χ0) is 11.8. The largest absolute Gasteiger partial charge is 0.496 e. The molecule has 0 amide bonds. The number of hydrogen-bond donors (Lipinski definition) is 1. The summed E-state index contributed by atoms with van der Waals surface area (Å²) in [4.78, 5) is 4.74. The normalized spacial score (nSPS) is 14.7. The molecule has 0 atom stereocenters. The smallest absolute Gasteiger partial charge is 0.133 e. The van der Waals surface area contributed by atoms with Crippen molar-refractivity contribution in [2.45, 2.75) is 19.9 Å². The summed E-state index contributed by atoms with van der Waals surface area (Å²) in [6, 6.07) is 6.34. The number of hydrogen-bond acceptors (Lipinski definition) is 3. The molecule has 0 radical (unpaired) electrons. The van der Waals surface area contributed by atoms with E-state index in [9.17, 15) is 0 Å². The van der Waals surface area contributed by atoms with E-state index in [0.717, 1.165) is 41.9 Å². The number of aromatic nitrogens is 1. The molecule has 2 aromatic rings. The summed E-state index contributed by atoms with van der Waals surface area (Å²) < 4.78 is 5.60. The van der Waals surface area contributed by atoms with Gasteiger partial charge in [-0.1, -0.05) is 6.07 Å². The second kappa shape index (κ2) is 4.00. The SMILES string of the molecule is COc1c2c(nc3cc(C)ccc13)CNCC2. The van der Waals surface area contributed by atoms with Gasteiger partial charge >= 0.3 is 0 Å². The first-order valence-electron chi connectivity index (χ1n) is 5.96. The van der Waals surface area contributed by atoms with E-state index in [1.807, 2.05) is 0 Å². The molecule has 0 aliphatic carbocycles. The first kappa shape index (κ1) is 10.5. The van der Waals surface area contributed by atoms with Gasteiger partial charge in [-0.15, -0.1) is 0 Å². The fourth-order valence-corrected chi connectivity index (χ4v) is 2.49. The molecule has 0 saturated heterocycles. The molecule has 1 N–H and O–H groups in total. The fraction of sp³-hybridized carbons (Fsp3) is 0.357. The van der Waals surface area contributed by atoms with Crippen LogP contribution >= 0.6 is 0 Å². The number of methoxy groups -OCH3 is 1. The summed E-state index contributed by atoms with van der Waals surface area (Å²) >= 11 is 0. The minimum atomic E-state index is 0.843. The summed E-state index contributed by atoms with van der Waals surface area (Å²) in [6.45, 7) is 3.93. The van der Waals surface area contributed by atoms with Gasteiger partial charge in [0.25, 0.3) is 0 Å². The molecule has 0 bridgehead atoms. The van der Waals surface area contributed by atoms with Gasteiger partial charge in [-0.05, 0) is 37.6 Å². The van der Waals surface area contributed by atoms with Gasteiger partial charge in [0.05, 0.1) is 18.3 Å². The first-order valence-corrected chi connectivity index (χ1v) is 5.96. The molecule has 0 spiro atoms. The minimum Gasteiger partial charge on any atom is -0.496 e. The number of benzene rings is 1. The highest BCUT2D eigenvalue weighted by molar-refractivity contribution is 5.87. The highest BCUT2D eigenvalue weighted by Gasteiger charge is 2.18. The molecule has 0 saturated carbocycles. The zero-order valence-corrected chi connectivity index (χ0v) is 10.2. The highest BCUT2D eigenvalue weighted by Crippen LogP contribution is 2.32. The van der Waals surface area contributed by atoms with Gasteiger partial charge in [-0.3, -0.25) is 4.98 Å². The average molecular weight is 228 g/mol. The number of fused-ring (bicyclic) bond motifs is 2. The lowest BCUT2D eigenvalue weighted by Crippen LogP contribution is -2.25. The van der Waals surface area contributed by atoms with Gasteiger partial charge in [-0.25, -0.2) is 0 Å². The van der Waals surface area contributed by atoms with E-state index in [2.05, 4.69) is 30.4 Å². The third-order valence-electron chi connectivity index (χ3n) is 3.32. The molecule has 3 nitrogen and oxygen atoms in total. The molecular weight excluding hydrogens is 212 g/mol. The van der Waals surface area contributed by atoms with E-state index in [-0.39, 0.29) is 0 Å². The lowest BCUT2D eigenvalue weighted by atomic mass is 10.0. The third kappa shape index (κ3) is 1.67. The third-order valence-corrected chi connectivity index (χ3v) is 3.32. The molecular formula is C14H16N2O. The van der Waals surface area contributed by atoms with Gasteiger partial charge in [0, 0.05) is 17.5 Å². The van der Waals surface area contributed by atoms with Crippen molar-refractivity contribution in [3.05, 3.63) is 35.0 Å². The lowest BCUT2D eigenvalue weighted by Gasteiger charge is -2.20. The van der Waals surface area contributed by atoms with E-state index in [1.54, 1.807) is 7.11 Å². The summed E-state index contributed by atoms with van der Waals surface area (Å²) in [7, 11) is 1.75. The number of ether oxygens (including phenoxy) is 1. The van der Waals surface area contributed by atoms with Gasteiger partial charge in [0.15, 0.2) is 0 Å². The molecule has 3 rings (SSSR count). The van der Waals surface area contributed by atoms with Gasteiger partial charge < -0.3 is 10.1 Å². The molecule has 17 heavy (non-hydrogen) atoms. The number of nitrogens with one attached hydrogen (secondary N) is 1. The van der Waals surface area contributed by atoms with Crippen molar-refractivity contribution in [1.82, 2.24) is 10.3 Å². The minimum absolute atomic E-state index is 0.843. The maximum absolute atomic E-state index is 5.60. The van der Waals surface area contributed by atoms with Crippen LogP contribution in [0.3, 0.4) is 0 Å². The maximum Gasteiger partial charge on any atom is 0.133 e. The lowest BCUT2D eigenvalue weighted by molar-refractivity contribution is 0.410. The van der Waals surface area contributed by atoms with Gasteiger partial charge in [-0.2, -0.15) is 0 Å². The van der Waals surface area contributed by atoms with Crippen molar-refractivity contribution in [3.63, 3.8) is 0 Å². The van der Waals surface area contributed by atoms with Crippen molar-refractivity contribution in [1.29, 1.82) is 0 Å². The standard InChI is InChI=1S/C14H16N2O/c1-9-3-4-10-12(7-9)16-13-8-15-6-5-11(13)14(10)17-2/h3-4,7,15H,5-6,8H2,1-2H3. The number of pyridine rings is 1. The molecule has 88 valence electrons. The van der Waals surface area contributed by atoms with Crippen LogP contribution in [0.2, 0.25) is 0 Å². The van der Waals surface area contributed by atoms with Crippen molar-refractivity contribution in [2.24, 2.45) is 0 Å². The summed E-state index contributed by atoms with van der Waals surface area (Å²) in [5.41, 5.74) is 4.66. The number of nitrogens with zero attached hydrogens (tertiary/aromatic N) is 1. The summed E-state index contributed by atoms with van der Waals surface area (Å²) in [5.74, 6) is 1.01. The van der Waals surface area contributed by atoms with E-state index >= 15 is 0 Å². The van der Waals surface area contributed by atoms with Crippen LogP contribution in [0.1, 0.15) is 16.8 Å². The Bertz CT molecular complexity index is 578.